The van der Waals surface area contributed by atoms with Gasteiger partial charge in [0, 0.05) is 262 Å². The van der Waals surface area contributed by atoms with Crippen molar-refractivity contribution >= 4 is 0 Å². The average molecular weight is 1200 g/mol. The molecule has 3 aliphatic rings. The summed E-state index contributed by atoms with van der Waals surface area (Å²) < 4.78 is 0. The minimum absolute atomic E-state index is 0. The fourth-order valence-electron chi connectivity index (χ4n) is 5.17. The van der Waals surface area contributed by atoms with Gasteiger partial charge in [-0.15, -0.1) is 5.92 Å². The van der Waals surface area contributed by atoms with Crippen molar-refractivity contribution in [1.29, 1.82) is 0 Å². The van der Waals surface area contributed by atoms with E-state index in [0.29, 0.717) is 16.7 Å². The van der Waals surface area contributed by atoms with E-state index in [1.807, 2.05) is 0 Å². The van der Waals surface area contributed by atoms with Crippen LogP contribution in [0.2, 0.25) is 0 Å². The van der Waals surface area contributed by atoms with Gasteiger partial charge in [0.05, 0.1) is 0 Å². The molecule has 3 rings (SSSR count). The molecule has 242 valence electrons. The van der Waals surface area contributed by atoms with Crippen LogP contribution in [-0.4, -0.2) is 0 Å². The second-order valence-electron chi connectivity index (χ2n) is 14.6. The van der Waals surface area contributed by atoms with Gasteiger partial charge >= 0.3 is 0 Å². The third-order valence-electron chi connectivity index (χ3n) is 7.11. The van der Waals surface area contributed by atoms with Gasteiger partial charge in [-0.3, -0.25) is 0 Å². The van der Waals surface area contributed by atoms with Crippen LogP contribution in [-0.2, 0) is 262 Å². The molecule has 3 saturated carbocycles. The Morgan fingerprint density at radius 2 is 0.767 bits per heavy atom. The van der Waals surface area contributed by atoms with E-state index in [1.54, 1.807) is 0 Å². The maximum absolute atomic E-state index is 3.94. The van der Waals surface area contributed by atoms with E-state index in [-0.39, 0.29) is 300 Å². The Labute approximate surface area is 479 Å². The third kappa shape index (κ3) is 45.1. The summed E-state index contributed by atoms with van der Waals surface area (Å²) in [4.78, 5) is 0. The van der Waals surface area contributed by atoms with Gasteiger partial charge < -0.3 is 81.1 Å². The first-order chi connectivity index (χ1) is 14.6. The molecular formula is C35H69Y8-9. The van der Waals surface area contributed by atoms with Crippen molar-refractivity contribution in [3.8, 4) is 0 Å². The molecule has 8 radical (unpaired) electrons. The van der Waals surface area contributed by atoms with Gasteiger partial charge in [-0.2, -0.15) is 0 Å². The van der Waals surface area contributed by atoms with E-state index in [4.69, 9.17) is 0 Å². The van der Waals surface area contributed by atoms with Gasteiger partial charge in [0.15, 0.2) is 0 Å². The van der Waals surface area contributed by atoms with Crippen LogP contribution in [0.1, 0.15) is 114 Å². The summed E-state index contributed by atoms with van der Waals surface area (Å²) in [5, 5.41) is 0. The monoisotopic (exact) mass is 1200 g/mol. The standard InChI is InChI=1S/C12H22.C11H20.C5H12.C5H9.2CH3.8Y/c1-11(2,3)12-7-4-10(5-8-12)6-9-12;1-8(2)10(9(3)4)11(5,6)7;1-5(2,3)4;1-4-5(2)3;;;;;;;;;;/h10H,4-9H2,1-3H3;8-10H,1-4H2,5-7H3;1-4H3;5H,1-4H2;2*1H3;;;;;;;;/q;-4;;-3;2*-1;;;;;;;;. The summed E-state index contributed by atoms with van der Waals surface area (Å²) in [6.45, 7) is 49.1. The van der Waals surface area contributed by atoms with Crippen LogP contribution in [0.3, 0.4) is 0 Å². The van der Waals surface area contributed by atoms with E-state index < -0.39 is 0 Å². The van der Waals surface area contributed by atoms with Crippen LogP contribution in [0.25, 0.3) is 0 Å². The molecule has 0 N–H and O–H groups in total. The molecule has 0 atom stereocenters. The molecule has 0 aromatic rings. The molecule has 8 heteroatoms. The zero-order valence-electron chi connectivity index (χ0n) is 31.4. The molecule has 0 amide bonds. The van der Waals surface area contributed by atoms with Gasteiger partial charge in [0.2, 0.25) is 0 Å². The van der Waals surface area contributed by atoms with E-state index in [0.717, 1.165) is 17.8 Å². The summed E-state index contributed by atoms with van der Waals surface area (Å²) in [6, 6.07) is 0. The normalized spacial score (nSPS) is 17.7. The number of fused-ring (bicyclic) bond motifs is 3. The molecular weight excluding hydrogens is 1130 g/mol. The van der Waals surface area contributed by atoms with Gasteiger partial charge in [-0.05, 0) is 66.1 Å². The molecule has 0 unspecified atom stereocenters. The van der Waals surface area contributed by atoms with Gasteiger partial charge in [0.1, 0.15) is 0 Å². The zero-order chi connectivity index (χ0) is 26.8. The van der Waals surface area contributed by atoms with Crippen molar-refractivity contribution < 1.29 is 262 Å². The van der Waals surface area contributed by atoms with Crippen LogP contribution in [0.15, 0.2) is 0 Å². The summed E-state index contributed by atoms with van der Waals surface area (Å²) in [5.74, 6) is 2.12. The maximum Gasteiger partial charge on any atom is 0 e. The second-order valence-corrected chi connectivity index (χ2v) is 14.6. The van der Waals surface area contributed by atoms with Gasteiger partial charge in [-0.25, -0.2) is 6.42 Å². The molecule has 43 heavy (non-hydrogen) atoms. The molecule has 0 spiro atoms. The average Bonchev–Trinajstić information content (AvgIpc) is 2.60. The molecule has 0 nitrogen and oxygen atoms in total. The van der Waals surface area contributed by atoms with Crippen molar-refractivity contribution in [2.45, 2.75) is 114 Å². The van der Waals surface area contributed by atoms with Crippen molar-refractivity contribution in [1.82, 2.24) is 0 Å². The Hall–Kier alpha value is 8.83. The largest absolute Gasteiger partial charge is 0.372 e. The Morgan fingerprint density at radius 3 is 0.837 bits per heavy atom. The fourth-order valence-corrected chi connectivity index (χ4v) is 5.17. The minimum Gasteiger partial charge on any atom is -0.372 e. The Balaban J connectivity index is -0.0000000292. The van der Waals surface area contributed by atoms with Gasteiger partial charge in [-0.1, -0.05) is 69.2 Å². The smallest absolute Gasteiger partial charge is 0 e. The van der Waals surface area contributed by atoms with Crippen molar-refractivity contribution in [2.24, 2.45) is 51.2 Å². The van der Waals surface area contributed by atoms with E-state index in [2.05, 4.69) is 118 Å². The van der Waals surface area contributed by atoms with Crippen molar-refractivity contribution in [3.05, 3.63) is 63.3 Å². The summed E-state index contributed by atoms with van der Waals surface area (Å²) >= 11 is 0. The molecule has 0 aromatic heterocycles. The van der Waals surface area contributed by atoms with Crippen molar-refractivity contribution in [3.63, 3.8) is 0 Å². The Morgan fingerprint density at radius 1 is 0.558 bits per heavy atom. The first-order valence-corrected chi connectivity index (χ1v) is 13.3. The number of hydrogen-bond acceptors (Lipinski definition) is 0. The van der Waals surface area contributed by atoms with E-state index in [9.17, 15) is 0 Å². The van der Waals surface area contributed by atoms with Crippen LogP contribution in [0.5, 0.6) is 0 Å². The SMILES string of the molecule is CC(C)(C)C.CC(C)(C)C12CCC(CC1)CC2.[CH2-]C([CH2-])C(C([CH2-])[CH2-])C(C)(C)C.[CH2-]CC([CH2-])[CH2-].[CH3-].[CH3-].[Y].[Y].[Y].[Y].[Y].[Y].[Y].[Y]. The predicted octanol–water partition coefficient (Wildman–Crippen LogP) is 11.6. The van der Waals surface area contributed by atoms with E-state index in [1.165, 1.54) is 38.5 Å². The first-order valence-electron chi connectivity index (χ1n) is 13.3. The quantitative estimate of drug-likeness (QED) is 0.247. The van der Waals surface area contributed by atoms with Crippen molar-refractivity contribution in [2.75, 3.05) is 0 Å². The minimum atomic E-state index is 0. The molecule has 3 aliphatic carbocycles. The topological polar surface area (TPSA) is 0 Å². The van der Waals surface area contributed by atoms with Crippen LogP contribution in [0, 0.1) is 115 Å². The zero-order valence-corrected chi connectivity index (χ0v) is 54.1. The molecule has 0 aromatic carbocycles. The van der Waals surface area contributed by atoms with Crippen LogP contribution < -0.4 is 0 Å². The fraction of sp³-hybridized carbons (Fsp3) is 0.743. The summed E-state index contributed by atoms with van der Waals surface area (Å²) in [5.41, 5.74) is 1.99. The second kappa shape index (κ2) is 42.0. The maximum atomic E-state index is 3.94. The predicted molar refractivity (Wildman–Crippen MR) is 167 cm³/mol. The van der Waals surface area contributed by atoms with Crippen LogP contribution >= 0.6 is 0 Å². The Bertz CT molecular complexity index is 466. The number of rotatable bonds is 3. The first kappa shape index (κ1) is 84.4. The summed E-state index contributed by atoms with van der Waals surface area (Å²) in [7, 11) is 0. The molecule has 0 heterocycles. The third-order valence-corrected chi connectivity index (χ3v) is 7.11. The molecule has 3 fully saturated rings. The molecule has 0 aliphatic heterocycles. The summed E-state index contributed by atoms with van der Waals surface area (Å²) in [6.07, 6.45) is 9.95. The van der Waals surface area contributed by atoms with Gasteiger partial charge in [0.25, 0.3) is 0 Å². The molecule has 2 bridgehead atoms. The van der Waals surface area contributed by atoms with E-state index >= 15 is 0 Å². The molecule has 0 saturated heterocycles. The Kier molecular flexibility index (Phi) is 82.4. The van der Waals surface area contributed by atoms with Crippen LogP contribution in [0.4, 0.5) is 0 Å². The number of hydrogen-bond donors (Lipinski definition) is 0.